The maximum atomic E-state index is 5.80. The third-order valence-electron chi connectivity index (χ3n) is 4.01. The van der Waals surface area contributed by atoms with E-state index in [-0.39, 0.29) is 6.79 Å². The van der Waals surface area contributed by atoms with Crippen LogP contribution in [-0.4, -0.2) is 22.2 Å². The monoisotopic (exact) mass is 354 g/mol. The fraction of sp³-hybridized carbons (Fsp3) is 0.263. The van der Waals surface area contributed by atoms with Crippen LogP contribution in [0.3, 0.4) is 0 Å². The number of hydrogen-bond acceptors (Lipinski definition) is 6. The van der Waals surface area contributed by atoms with Crippen molar-refractivity contribution in [3.8, 4) is 23.0 Å². The lowest BCUT2D eigenvalue weighted by Gasteiger charge is -2.07. The Balaban J connectivity index is 1.38. The van der Waals surface area contributed by atoms with Crippen LogP contribution in [0, 0.1) is 0 Å². The zero-order valence-electron chi connectivity index (χ0n) is 13.8. The van der Waals surface area contributed by atoms with Crippen LogP contribution in [0.1, 0.15) is 18.9 Å². The van der Waals surface area contributed by atoms with Crippen molar-refractivity contribution in [2.24, 2.45) is 0 Å². The normalized spacial score (nSPS) is 13.8. The molecular formula is C19H18N2O3S. The highest BCUT2D eigenvalue weighted by atomic mass is 32.2. The minimum Gasteiger partial charge on any atom is -0.454 e. The zero-order chi connectivity index (χ0) is 17.1. The van der Waals surface area contributed by atoms with Crippen molar-refractivity contribution in [2.45, 2.75) is 30.2 Å². The lowest BCUT2D eigenvalue weighted by molar-refractivity contribution is 0.174. The van der Waals surface area contributed by atoms with E-state index in [0.717, 1.165) is 24.2 Å². The van der Waals surface area contributed by atoms with Gasteiger partial charge in [-0.15, -0.1) is 10.2 Å². The topological polar surface area (TPSA) is 57.4 Å². The molecule has 2 heterocycles. The largest absolute Gasteiger partial charge is 0.454 e. The summed E-state index contributed by atoms with van der Waals surface area (Å²) in [5, 5.41) is 9.29. The third kappa shape index (κ3) is 3.79. The molecule has 5 nitrogen and oxygen atoms in total. The zero-order valence-corrected chi connectivity index (χ0v) is 14.7. The van der Waals surface area contributed by atoms with Crippen LogP contribution in [0.2, 0.25) is 0 Å². The van der Waals surface area contributed by atoms with E-state index in [4.69, 9.17) is 13.9 Å². The van der Waals surface area contributed by atoms with Crippen molar-refractivity contribution in [3.63, 3.8) is 0 Å². The first-order valence-electron chi connectivity index (χ1n) is 8.22. The second kappa shape index (κ2) is 7.19. The number of thioether (sulfide) groups is 1. The van der Waals surface area contributed by atoms with E-state index in [1.807, 2.05) is 24.3 Å². The molecule has 2 aromatic carbocycles. The number of fused-ring (bicyclic) bond motifs is 1. The minimum atomic E-state index is 0.253. The molecule has 0 amide bonds. The average molecular weight is 354 g/mol. The van der Waals surface area contributed by atoms with Crippen LogP contribution in [0.15, 0.2) is 58.2 Å². The van der Waals surface area contributed by atoms with E-state index in [9.17, 15) is 0 Å². The Hall–Kier alpha value is -2.47. The Morgan fingerprint density at radius 2 is 1.88 bits per heavy atom. The summed E-state index contributed by atoms with van der Waals surface area (Å²) in [5.74, 6) is 1.95. The van der Waals surface area contributed by atoms with E-state index in [0.29, 0.717) is 22.1 Å². The number of ether oxygens (including phenoxy) is 2. The maximum Gasteiger partial charge on any atom is 0.277 e. The summed E-state index contributed by atoms with van der Waals surface area (Å²) in [7, 11) is 0. The SMILES string of the molecule is CC(CCc1ccccc1)Sc1nnc(-c2ccc3c(c2)OCO3)o1. The predicted molar refractivity (Wildman–Crippen MR) is 95.9 cm³/mol. The lowest BCUT2D eigenvalue weighted by Crippen LogP contribution is -1.98. The predicted octanol–water partition coefficient (Wildman–Crippen LogP) is 4.58. The standard InChI is InChI=1S/C19H18N2O3S/c1-13(7-8-14-5-3-2-4-6-14)25-19-21-20-18(24-19)15-9-10-16-17(11-15)23-12-22-16/h2-6,9-11,13H,7-8,12H2,1H3. The van der Waals surface area contributed by atoms with Gasteiger partial charge in [-0.1, -0.05) is 49.0 Å². The van der Waals surface area contributed by atoms with Crippen LogP contribution in [0.4, 0.5) is 0 Å². The molecule has 0 bridgehead atoms. The minimum absolute atomic E-state index is 0.253. The molecule has 128 valence electrons. The van der Waals surface area contributed by atoms with Gasteiger partial charge < -0.3 is 13.9 Å². The molecule has 1 aliphatic rings. The van der Waals surface area contributed by atoms with Crippen molar-refractivity contribution in [2.75, 3.05) is 6.79 Å². The Kier molecular flexibility index (Phi) is 4.61. The highest BCUT2D eigenvalue weighted by molar-refractivity contribution is 7.99. The number of benzene rings is 2. The Labute approximate surface area is 150 Å². The number of nitrogens with zero attached hydrogens (tertiary/aromatic N) is 2. The summed E-state index contributed by atoms with van der Waals surface area (Å²) in [4.78, 5) is 0. The second-order valence-electron chi connectivity index (χ2n) is 5.89. The van der Waals surface area contributed by atoms with Gasteiger partial charge >= 0.3 is 0 Å². The summed E-state index contributed by atoms with van der Waals surface area (Å²) in [5.41, 5.74) is 2.18. The van der Waals surface area contributed by atoms with Crippen molar-refractivity contribution >= 4 is 11.8 Å². The Morgan fingerprint density at radius 3 is 2.76 bits per heavy atom. The van der Waals surface area contributed by atoms with Gasteiger partial charge in [-0.25, -0.2) is 0 Å². The first-order chi connectivity index (χ1) is 12.3. The molecule has 3 aromatic rings. The van der Waals surface area contributed by atoms with Gasteiger partial charge in [0.25, 0.3) is 5.22 Å². The molecule has 0 aliphatic carbocycles. The van der Waals surface area contributed by atoms with Gasteiger partial charge in [0.15, 0.2) is 11.5 Å². The molecule has 6 heteroatoms. The maximum absolute atomic E-state index is 5.80. The van der Waals surface area contributed by atoms with E-state index in [1.54, 1.807) is 11.8 Å². The molecule has 0 saturated heterocycles. The van der Waals surface area contributed by atoms with Crippen molar-refractivity contribution in [1.82, 2.24) is 10.2 Å². The van der Waals surface area contributed by atoms with Crippen LogP contribution in [-0.2, 0) is 6.42 Å². The average Bonchev–Trinajstić information content (AvgIpc) is 3.29. The quantitative estimate of drug-likeness (QED) is 0.604. The number of aromatic nitrogens is 2. The van der Waals surface area contributed by atoms with Crippen molar-refractivity contribution in [3.05, 3.63) is 54.1 Å². The van der Waals surface area contributed by atoms with E-state index in [1.165, 1.54) is 5.56 Å². The first-order valence-corrected chi connectivity index (χ1v) is 9.10. The summed E-state index contributed by atoms with van der Waals surface area (Å²) in [6, 6.07) is 16.1. The first kappa shape index (κ1) is 16.0. The third-order valence-corrected chi connectivity index (χ3v) is 5.02. The molecule has 0 N–H and O–H groups in total. The van der Waals surface area contributed by atoms with Crippen molar-refractivity contribution in [1.29, 1.82) is 0 Å². The van der Waals surface area contributed by atoms with E-state index < -0.39 is 0 Å². The summed E-state index contributed by atoms with van der Waals surface area (Å²) in [6.07, 6.45) is 2.09. The second-order valence-corrected chi connectivity index (χ2v) is 7.28. The lowest BCUT2D eigenvalue weighted by atomic mass is 10.1. The van der Waals surface area contributed by atoms with Crippen LogP contribution in [0.25, 0.3) is 11.5 Å². The van der Waals surface area contributed by atoms with Gasteiger partial charge in [0, 0.05) is 10.8 Å². The summed E-state index contributed by atoms with van der Waals surface area (Å²) < 4.78 is 16.5. The van der Waals surface area contributed by atoms with Crippen LogP contribution < -0.4 is 9.47 Å². The molecule has 1 aliphatic heterocycles. The molecule has 25 heavy (non-hydrogen) atoms. The summed E-state index contributed by atoms with van der Waals surface area (Å²) in [6.45, 7) is 2.43. The van der Waals surface area contributed by atoms with E-state index in [2.05, 4.69) is 41.4 Å². The molecule has 1 aromatic heterocycles. The Morgan fingerprint density at radius 1 is 1.04 bits per heavy atom. The van der Waals surface area contributed by atoms with E-state index >= 15 is 0 Å². The molecular weight excluding hydrogens is 336 g/mol. The smallest absolute Gasteiger partial charge is 0.277 e. The molecule has 0 saturated carbocycles. The number of hydrogen-bond donors (Lipinski definition) is 0. The van der Waals surface area contributed by atoms with Gasteiger partial charge in [0.1, 0.15) is 0 Å². The van der Waals surface area contributed by atoms with Crippen molar-refractivity contribution < 1.29 is 13.9 Å². The van der Waals surface area contributed by atoms with Gasteiger partial charge in [0.2, 0.25) is 12.7 Å². The fourth-order valence-corrected chi connectivity index (χ4v) is 3.44. The molecule has 0 radical (unpaired) electrons. The van der Waals surface area contributed by atoms with Crippen LogP contribution >= 0.6 is 11.8 Å². The fourth-order valence-electron chi connectivity index (χ4n) is 2.65. The highest BCUT2D eigenvalue weighted by Gasteiger charge is 2.17. The van der Waals surface area contributed by atoms with Gasteiger partial charge in [-0.3, -0.25) is 0 Å². The molecule has 0 fully saturated rings. The molecule has 0 spiro atoms. The summed E-state index contributed by atoms with van der Waals surface area (Å²) >= 11 is 1.61. The number of aryl methyl sites for hydroxylation is 1. The Bertz CT molecular complexity index is 851. The number of rotatable bonds is 6. The highest BCUT2D eigenvalue weighted by Crippen LogP contribution is 2.36. The molecule has 1 atom stereocenters. The van der Waals surface area contributed by atoms with Gasteiger partial charge in [-0.05, 0) is 36.6 Å². The van der Waals surface area contributed by atoms with Crippen LogP contribution in [0.5, 0.6) is 11.5 Å². The molecule has 4 rings (SSSR count). The van der Waals surface area contributed by atoms with Gasteiger partial charge in [-0.2, -0.15) is 0 Å². The van der Waals surface area contributed by atoms with Gasteiger partial charge in [0.05, 0.1) is 0 Å². The molecule has 1 unspecified atom stereocenters.